The minimum Gasteiger partial charge on any atom is -0.396 e. The zero-order valence-electron chi connectivity index (χ0n) is 14.1. The van der Waals surface area contributed by atoms with Crippen molar-refractivity contribution in [1.82, 2.24) is 5.32 Å². The molecule has 3 rings (SSSR count). The average molecular weight is 334 g/mol. The number of aliphatic hydroxyl groups excluding tert-OH is 1. The first-order valence-corrected chi connectivity index (χ1v) is 9.00. The lowest BCUT2D eigenvalue weighted by molar-refractivity contribution is -0.116. The number of fused-ring (bicyclic) bond motifs is 2. The van der Waals surface area contributed by atoms with E-state index >= 15 is 0 Å². The van der Waals surface area contributed by atoms with Crippen molar-refractivity contribution in [3.8, 4) is 0 Å². The summed E-state index contributed by atoms with van der Waals surface area (Å²) in [6.07, 6.45) is 7.90. The van der Waals surface area contributed by atoms with Gasteiger partial charge in [-0.3, -0.25) is 4.79 Å². The van der Waals surface area contributed by atoms with Crippen LogP contribution in [0, 0.1) is 17.7 Å². The maximum absolute atomic E-state index is 13.2. The Hall–Kier alpha value is -1.46. The van der Waals surface area contributed by atoms with Gasteiger partial charge in [0.05, 0.1) is 6.54 Å². The lowest BCUT2D eigenvalue weighted by atomic mass is 9.63. The number of rotatable bonds is 6. The summed E-state index contributed by atoms with van der Waals surface area (Å²) in [5.74, 6) is 0.886. The van der Waals surface area contributed by atoms with E-state index in [1.54, 1.807) is 12.1 Å². The minimum absolute atomic E-state index is 0.137. The highest BCUT2D eigenvalue weighted by Gasteiger charge is 2.41. The Morgan fingerprint density at radius 1 is 1.29 bits per heavy atom. The second-order valence-corrected chi connectivity index (χ2v) is 7.47. The summed E-state index contributed by atoms with van der Waals surface area (Å²) in [4.78, 5) is 12.2. The zero-order valence-corrected chi connectivity index (χ0v) is 14.1. The van der Waals surface area contributed by atoms with E-state index in [9.17, 15) is 14.3 Å². The third-order valence-corrected chi connectivity index (χ3v) is 5.57. The van der Waals surface area contributed by atoms with E-state index in [1.165, 1.54) is 37.8 Å². The number of hydrogen-bond donors (Lipinski definition) is 3. The maximum Gasteiger partial charge on any atom is 0.238 e. The minimum atomic E-state index is -0.363. The lowest BCUT2D eigenvalue weighted by Crippen LogP contribution is -2.54. The second kappa shape index (κ2) is 7.62. The van der Waals surface area contributed by atoms with Crippen LogP contribution in [0.1, 0.15) is 44.9 Å². The Balaban J connectivity index is 1.58. The molecule has 2 aliphatic carbocycles. The van der Waals surface area contributed by atoms with Gasteiger partial charge < -0.3 is 15.7 Å². The van der Waals surface area contributed by atoms with Crippen LogP contribution in [0.4, 0.5) is 10.1 Å². The van der Waals surface area contributed by atoms with Crippen molar-refractivity contribution >= 4 is 11.6 Å². The van der Waals surface area contributed by atoms with Gasteiger partial charge in [-0.15, -0.1) is 0 Å². The summed E-state index contributed by atoms with van der Waals surface area (Å²) in [5, 5.41) is 15.7. The first-order chi connectivity index (χ1) is 11.6. The topological polar surface area (TPSA) is 61.4 Å². The molecule has 2 aliphatic rings. The van der Waals surface area contributed by atoms with Crippen LogP contribution in [0.25, 0.3) is 0 Å². The van der Waals surface area contributed by atoms with Crippen molar-refractivity contribution in [2.75, 3.05) is 18.5 Å². The second-order valence-electron chi connectivity index (χ2n) is 7.47. The van der Waals surface area contributed by atoms with Crippen molar-refractivity contribution in [2.45, 2.75) is 50.5 Å². The summed E-state index contributed by atoms with van der Waals surface area (Å²) >= 11 is 0. The van der Waals surface area contributed by atoms with Gasteiger partial charge in [-0.25, -0.2) is 4.39 Å². The molecule has 0 saturated heterocycles. The first kappa shape index (κ1) is 17.4. The van der Waals surface area contributed by atoms with E-state index in [0.717, 1.165) is 12.8 Å². The SMILES string of the molecule is O=C(CNC1(CCO)CC2CCCC(C2)C1)Nc1cccc(F)c1. The van der Waals surface area contributed by atoms with Crippen molar-refractivity contribution in [3.63, 3.8) is 0 Å². The number of carbonyl (C=O) groups excluding carboxylic acids is 1. The number of hydrogen-bond acceptors (Lipinski definition) is 3. The van der Waals surface area contributed by atoms with E-state index in [2.05, 4.69) is 10.6 Å². The molecule has 1 aromatic rings. The summed E-state index contributed by atoms with van der Waals surface area (Å²) in [5.41, 5.74) is 0.334. The molecule has 0 radical (unpaired) electrons. The molecule has 0 aliphatic heterocycles. The Kier molecular flexibility index (Phi) is 5.51. The summed E-state index contributed by atoms with van der Waals surface area (Å²) < 4.78 is 13.2. The number of carbonyl (C=O) groups is 1. The number of benzene rings is 1. The molecule has 132 valence electrons. The highest BCUT2D eigenvalue weighted by atomic mass is 19.1. The van der Waals surface area contributed by atoms with Crippen LogP contribution in [0.3, 0.4) is 0 Å². The van der Waals surface area contributed by atoms with Crippen molar-refractivity contribution in [3.05, 3.63) is 30.1 Å². The number of nitrogens with one attached hydrogen (secondary N) is 2. The molecule has 1 amide bonds. The van der Waals surface area contributed by atoms with Gasteiger partial charge in [0.2, 0.25) is 5.91 Å². The van der Waals surface area contributed by atoms with Gasteiger partial charge in [0, 0.05) is 17.8 Å². The quantitative estimate of drug-likeness (QED) is 0.749. The Morgan fingerprint density at radius 3 is 2.71 bits per heavy atom. The van der Waals surface area contributed by atoms with Crippen LogP contribution in [-0.2, 0) is 4.79 Å². The fraction of sp³-hybridized carbons (Fsp3) is 0.632. The lowest BCUT2D eigenvalue weighted by Gasteiger charge is -2.47. The number of aliphatic hydroxyl groups is 1. The predicted molar refractivity (Wildman–Crippen MR) is 92.1 cm³/mol. The maximum atomic E-state index is 13.2. The third-order valence-electron chi connectivity index (χ3n) is 5.57. The van der Waals surface area contributed by atoms with Gasteiger partial charge in [0.15, 0.2) is 0 Å². The highest BCUT2D eigenvalue weighted by Crippen LogP contribution is 2.45. The molecule has 2 fully saturated rings. The fourth-order valence-corrected chi connectivity index (χ4v) is 4.65. The summed E-state index contributed by atoms with van der Waals surface area (Å²) in [6.45, 7) is 0.327. The van der Waals surface area contributed by atoms with Gasteiger partial charge in [-0.05, 0) is 55.7 Å². The van der Waals surface area contributed by atoms with E-state index < -0.39 is 0 Å². The molecule has 0 spiro atoms. The molecule has 2 bridgehead atoms. The molecule has 0 aromatic heterocycles. The monoisotopic (exact) mass is 334 g/mol. The van der Waals surface area contributed by atoms with Crippen LogP contribution in [0.15, 0.2) is 24.3 Å². The number of halogens is 1. The van der Waals surface area contributed by atoms with Crippen LogP contribution < -0.4 is 10.6 Å². The molecule has 5 heteroatoms. The van der Waals surface area contributed by atoms with Crippen LogP contribution >= 0.6 is 0 Å². The molecule has 24 heavy (non-hydrogen) atoms. The van der Waals surface area contributed by atoms with Crippen LogP contribution in [-0.4, -0.2) is 29.7 Å². The van der Waals surface area contributed by atoms with Gasteiger partial charge in [-0.1, -0.05) is 25.3 Å². The highest BCUT2D eigenvalue weighted by molar-refractivity contribution is 5.92. The molecule has 3 N–H and O–H groups in total. The molecular formula is C19H27FN2O2. The van der Waals surface area contributed by atoms with Crippen LogP contribution in [0.2, 0.25) is 0 Å². The third kappa shape index (κ3) is 4.33. The smallest absolute Gasteiger partial charge is 0.238 e. The van der Waals surface area contributed by atoms with Crippen molar-refractivity contribution < 1.29 is 14.3 Å². The van der Waals surface area contributed by atoms with E-state index in [-0.39, 0.29) is 30.4 Å². The molecular weight excluding hydrogens is 307 g/mol. The first-order valence-electron chi connectivity index (χ1n) is 9.00. The van der Waals surface area contributed by atoms with Gasteiger partial charge in [-0.2, -0.15) is 0 Å². The summed E-state index contributed by atoms with van der Waals surface area (Å²) in [6, 6.07) is 5.92. The number of anilines is 1. The Bertz CT molecular complexity index is 566. The van der Waals surface area contributed by atoms with E-state index in [4.69, 9.17) is 0 Å². The normalized spacial score (nSPS) is 29.2. The number of amides is 1. The van der Waals surface area contributed by atoms with Crippen molar-refractivity contribution in [1.29, 1.82) is 0 Å². The van der Waals surface area contributed by atoms with Crippen molar-refractivity contribution in [2.24, 2.45) is 11.8 Å². The summed E-state index contributed by atoms with van der Waals surface area (Å²) in [7, 11) is 0. The van der Waals surface area contributed by atoms with Crippen LogP contribution in [0.5, 0.6) is 0 Å². The zero-order chi connectivity index (χ0) is 17.0. The van der Waals surface area contributed by atoms with E-state index in [1.807, 2.05) is 0 Å². The van der Waals surface area contributed by atoms with Gasteiger partial charge >= 0.3 is 0 Å². The largest absolute Gasteiger partial charge is 0.396 e. The Morgan fingerprint density at radius 2 is 2.04 bits per heavy atom. The fourth-order valence-electron chi connectivity index (χ4n) is 4.65. The standard InChI is InChI=1S/C19H27FN2O2/c20-16-5-2-6-17(10-16)22-18(24)13-21-19(7-8-23)11-14-3-1-4-15(9-14)12-19/h2,5-6,10,14-15,21,23H,1,3-4,7-9,11-13H2,(H,22,24). The average Bonchev–Trinajstić information content (AvgIpc) is 2.53. The molecule has 2 unspecified atom stereocenters. The predicted octanol–water partition coefficient (Wildman–Crippen LogP) is 3.08. The molecule has 2 saturated carbocycles. The Labute approximate surface area is 142 Å². The van der Waals surface area contributed by atoms with E-state index in [0.29, 0.717) is 23.9 Å². The molecule has 0 heterocycles. The molecule has 2 atom stereocenters. The molecule has 1 aromatic carbocycles. The van der Waals surface area contributed by atoms with Gasteiger partial charge in [0.1, 0.15) is 5.82 Å². The molecule has 4 nitrogen and oxygen atoms in total. The van der Waals surface area contributed by atoms with Gasteiger partial charge in [0.25, 0.3) is 0 Å².